The number of carbonyl (C=O) groups is 1. The first kappa shape index (κ1) is 11.4. The van der Waals surface area contributed by atoms with Crippen molar-refractivity contribution >= 4 is 5.97 Å². The van der Waals surface area contributed by atoms with Gasteiger partial charge in [-0.15, -0.1) is 0 Å². The molecule has 0 aliphatic heterocycles. The van der Waals surface area contributed by atoms with E-state index in [1.807, 2.05) is 0 Å². The zero-order valence-corrected chi connectivity index (χ0v) is 8.94. The van der Waals surface area contributed by atoms with Crippen LogP contribution in [0.3, 0.4) is 0 Å². The number of hydrogen-bond acceptors (Lipinski definition) is 4. The van der Waals surface area contributed by atoms with Crippen molar-refractivity contribution in [3.05, 3.63) is 23.8 Å². The van der Waals surface area contributed by atoms with E-state index in [2.05, 4.69) is 0 Å². The van der Waals surface area contributed by atoms with Crippen LogP contribution in [0.15, 0.2) is 18.2 Å². The van der Waals surface area contributed by atoms with Gasteiger partial charge in [-0.3, -0.25) is 0 Å². The van der Waals surface area contributed by atoms with Crippen molar-refractivity contribution in [1.82, 2.24) is 0 Å². The Bertz CT molecular complexity index is 337. The zero-order valence-electron chi connectivity index (χ0n) is 8.94. The molecule has 0 aromatic heterocycles. The molecule has 0 fully saturated rings. The molecule has 82 valence electrons. The molecule has 0 aliphatic carbocycles. The van der Waals surface area contributed by atoms with Crippen LogP contribution in [-0.2, 0) is 4.79 Å². The van der Waals surface area contributed by atoms with Gasteiger partial charge in [0.1, 0.15) is 11.5 Å². The summed E-state index contributed by atoms with van der Waals surface area (Å²) in [4.78, 5) is 10.7. The summed E-state index contributed by atoms with van der Waals surface area (Å²) in [5.74, 6) is -0.672. The SMILES string of the molecule is COc1cc(OC)cc([C@@H](C)C(=O)[O-])c1. The Morgan fingerprint density at radius 2 is 1.67 bits per heavy atom. The zero-order chi connectivity index (χ0) is 11.4. The van der Waals surface area contributed by atoms with E-state index in [9.17, 15) is 9.90 Å². The number of rotatable bonds is 4. The van der Waals surface area contributed by atoms with Gasteiger partial charge in [0.25, 0.3) is 0 Å². The largest absolute Gasteiger partial charge is 0.550 e. The van der Waals surface area contributed by atoms with Crippen molar-refractivity contribution in [3.8, 4) is 11.5 Å². The van der Waals surface area contributed by atoms with Gasteiger partial charge < -0.3 is 19.4 Å². The summed E-state index contributed by atoms with van der Waals surface area (Å²) in [5, 5.41) is 10.7. The minimum atomic E-state index is -1.12. The molecule has 1 rings (SSSR count). The summed E-state index contributed by atoms with van der Waals surface area (Å²) < 4.78 is 10.1. The molecule has 0 N–H and O–H groups in total. The topological polar surface area (TPSA) is 58.6 Å². The van der Waals surface area contributed by atoms with Gasteiger partial charge in [-0.25, -0.2) is 0 Å². The molecule has 1 atom stereocenters. The van der Waals surface area contributed by atoms with Crippen LogP contribution in [0.4, 0.5) is 0 Å². The third kappa shape index (κ3) is 2.62. The van der Waals surface area contributed by atoms with E-state index in [-0.39, 0.29) is 0 Å². The van der Waals surface area contributed by atoms with Crippen molar-refractivity contribution in [2.75, 3.05) is 14.2 Å². The van der Waals surface area contributed by atoms with Crippen molar-refractivity contribution in [3.63, 3.8) is 0 Å². The van der Waals surface area contributed by atoms with E-state index < -0.39 is 11.9 Å². The fourth-order valence-corrected chi connectivity index (χ4v) is 1.22. The lowest BCUT2D eigenvalue weighted by Gasteiger charge is -2.15. The molecular weight excluding hydrogens is 196 g/mol. The number of benzene rings is 1. The highest BCUT2D eigenvalue weighted by atomic mass is 16.5. The van der Waals surface area contributed by atoms with Gasteiger partial charge in [0.05, 0.1) is 14.2 Å². The van der Waals surface area contributed by atoms with Crippen molar-refractivity contribution in [2.45, 2.75) is 12.8 Å². The fraction of sp³-hybridized carbons (Fsp3) is 0.364. The lowest BCUT2D eigenvalue weighted by molar-refractivity contribution is -0.307. The summed E-state index contributed by atoms with van der Waals surface area (Å²) in [6.45, 7) is 1.56. The van der Waals surface area contributed by atoms with E-state index in [1.54, 1.807) is 25.1 Å². The molecule has 4 nitrogen and oxygen atoms in total. The summed E-state index contributed by atoms with van der Waals surface area (Å²) >= 11 is 0. The van der Waals surface area contributed by atoms with Gasteiger partial charge in [-0.2, -0.15) is 0 Å². The van der Waals surface area contributed by atoms with Crippen molar-refractivity contribution < 1.29 is 19.4 Å². The maximum atomic E-state index is 10.7. The number of ether oxygens (including phenoxy) is 2. The second-order valence-corrected chi connectivity index (χ2v) is 3.19. The Balaban J connectivity index is 3.11. The molecule has 0 spiro atoms. The molecule has 0 radical (unpaired) electrons. The quantitative estimate of drug-likeness (QED) is 0.726. The van der Waals surface area contributed by atoms with Crippen molar-refractivity contribution in [2.24, 2.45) is 0 Å². The van der Waals surface area contributed by atoms with Crippen LogP contribution in [0.2, 0.25) is 0 Å². The lowest BCUT2D eigenvalue weighted by atomic mass is 10.0. The molecule has 1 aromatic rings. The number of aliphatic carboxylic acids is 1. The summed E-state index contributed by atoms with van der Waals surface area (Å²) in [5.41, 5.74) is 0.603. The summed E-state index contributed by atoms with van der Waals surface area (Å²) in [6.07, 6.45) is 0. The van der Waals surface area contributed by atoms with Gasteiger partial charge in [0.2, 0.25) is 0 Å². The summed E-state index contributed by atoms with van der Waals surface area (Å²) in [7, 11) is 3.03. The highest BCUT2D eigenvalue weighted by molar-refractivity contribution is 5.74. The Morgan fingerprint density at radius 1 is 1.20 bits per heavy atom. The second kappa shape index (κ2) is 4.68. The number of carboxylic acids is 1. The smallest absolute Gasteiger partial charge is 0.122 e. The van der Waals surface area contributed by atoms with Gasteiger partial charge in [-0.05, 0) is 17.7 Å². The van der Waals surface area contributed by atoms with Crippen LogP contribution in [0.25, 0.3) is 0 Å². The number of carbonyl (C=O) groups excluding carboxylic acids is 1. The normalized spacial score (nSPS) is 11.9. The molecule has 0 bridgehead atoms. The Kier molecular flexibility index (Phi) is 3.55. The molecule has 1 aromatic carbocycles. The van der Waals surface area contributed by atoms with Crippen LogP contribution in [0.5, 0.6) is 11.5 Å². The number of hydrogen-bond donors (Lipinski definition) is 0. The number of methoxy groups -OCH3 is 2. The first-order valence-corrected chi connectivity index (χ1v) is 4.52. The third-order valence-electron chi connectivity index (χ3n) is 2.23. The lowest BCUT2D eigenvalue weighted by Crippen LogP contribution is -2.28. The van der Waals surface area contributed by atoms with Crippen LogP contribution >= 0.6 is 0 Å². The molecule has 0 saturated carbocycles. The molecule has 0 aliphatic rings. The third-order valence-corrected chi connectivity index (χ3v) is 2.23. The average molecular weight is 209 g/mol. The molecular formula is C11H13O4-. The monoisotopic (exact) mass is 209 g/mol. The first-order valence-electron chi connectivity index (χ1n) is 4.52. The van der Waals surface area contributed by atoms with Crippen molar-refractivity contribution in [1.29, 1.82) is 0 Å². The minimum absolute atomic E-state index is 0.567. The number of carboxylic acid groups (broad SMARTS) is 1. The predicted molar refractivity (Wildman–Crippen MR) is 53.0 cm³/mol. The van der Waals surface area contributed by atoms with Gasteiger partial charge in [0.15, 0.2) is 0 Å². The van der Waals surface area contributed by atoms with Gasteiger partial charge in [-0.1, -0.05) is 6.92 Å². The van der Waals surface area contributed by atoms with Crippen LogP contribution in [0.1, 0.15) is 18.4 Å². The van der Waals surface area contributed by atoms with E-state index in [4.69, 9.17) is 9.47 Å². The minimum Gasteiger partial charge on any atom is -0.550 e. The van der Waals surface area contributed by atoms with E-state index in [0.717, 1.165) is 0 Å². The van der Waals surface area contributed by atoms with E-state index in [1.165, 1.54) is 14.2 Å². The average Bonchev–Trinajstić information content (AvgIpc) is 2.27. The molecule has 0 amide bonds. The van der Waals surface area contributed by atoms with Gasteiger partial charge >= 0.3 is 0 Å². The maximum absolute atomic E-state index is 10.7. The Labute approximate surface area is 88.4 Å². The highest BCUT2D eigenvalue weighted by Gasteiger charge is 2.09. The summed E-state index contributed by atoms with van der Waals surface area (Å²) in [6, 6.07) is 5.00. The fourth-order valence-electron chi connectivity index (χ4n) is 1.22. The van der Waals surface area contributed by atoms with Crippen LogP contribution in [0, 0.1) is 0 Å². The molecule has 0 saturated heterocycles. The standard InChI is InChI=1S/C11H14O4/c1-7(11(12)13)8-4-9(14-2)6-10(5-8)15-3/h4-7H,1-3H3,(H,12,13)/p-1/t7-/m1/s1. The molecule has 15 heavy (non-hydrogen) atoms. The molecule has 0 unspecified atom stereocenters. The van der Waals surface area contributed by atoms with E-state index >= 15 is 0 Å². The van der Waals surface area contributed by atoms with Crippen LogP contribution in [-0.4, -0.2) is 20.2 Å². The molecule has 4 heteroatoms. The Morgan fingerprint density at radius 3 is 2.00 bits per heavy atom. The Hall–Kier alpha value is -1.71. The first-order chi connectivity index (χ1) is 7.08. The maximum Gasteiger partial charge on any atom is 0.122 e. The van der Waals surface area contributed by atoms with Gasteiger partial charge in [0, 0.05) is 18.0 Å². The van der Waals surface area contributed by atoms with E-state index in [0.29, 0.717) is 17.1 Å². The second-order valence-electron chi connectivity index (χ2n) is 3.19. The highest BCUT2D eigenvalue weighted by Crippen LogP contribution is 2.26. The predicted octanol–water partition coefficient (Wildman–Crippen LogP) is 0.557. The molecule has 0 heterocycles. The van der Waals surface area contributed by atoms with Crippen LogP contribution < -0.4 is 14.6 Å².